The van der Waals surface area contributed by atoms with Crippen LogP contribution in [0.15, 0.2) is 55.1 Å². The van der Waals surface area contributed by atoms with E-state index in [2.05, 4.69) is 10.2 Å². The van der Waals surface area contributed by atoms with Gasteiger partial charge in [-0.05, 0) is 30.5 Å². The topological polar surface area (TPSA) is 56.0 Å². The van der Waals surface area contributed by atoms with Crippen molar-refractivity contribution in [3.63, 3.8) is 0 Å². The minimum Gasteiger partial charge on any atom is -0.335 e. The number of carbonyl (C=O) groups is 1. The van der Waals surface area contributed by atoms with Crippen LogP contribution >= 0.6 is 0 Å². The molecule has 4 rings (SSSR count). The Morgan fingerprint density at radius 1 is 1.16 bits per heavy atom. The summed E-state index contributed by atoms with van der Waals surface area (Å²) >= 11 is 0. The number of rotatable bonds is 4. The van der Waals surface area contributed by atoms with Crippen molar-refractivity contribution >= 4 is 5.91 Å². The maximum atomic E-state index is 12.8. The van der Waals surface area contributed by atoms with Gasteiger partial charge in [0, 0.05) is 31.5 Å². The summed E-state index contributed by atoms with van der Waals surface area (Å²) in [5.41, 5.74) is 3.05. The van der Waals surface area contributed by atoms with Gasteiger partial charge in [-0.2, -0.15) is 10.2 Å². The summed E-state index contributed by atoms with van der Waals surface area (Å²) in [4.78, 5) is 14.8. The lowest BCUT2D eigenvalue weighted by Crippen LogP contribution is -2.31. The predicted molar refractivity (Wildman–Crippen MR) is 94.2 cm³/mol. The Kier molecular flexibility index (Phi) is 4.09. The molecular weight excluding hydrogens is 314 g/mol. The number of benzene rings is 1. The number of aryl methyl sites for hydroxylation is 1. The van der Waals surface area contributed by atoms with Crippen molar-refractivity contribution in [3.8, 4) is 5.69 Å². The number of para-hydroxylation sites is 1. The van der Waals surface area contributed by atoms with Crippen molar-refractivity contribution in [3.05, 3.63) is 66.2 Å². The molecule has 3 heterocycles. The Hall–Kier alpha value is -2.89. The summed E-state index contributed by atoms with van der Waals surface area (Å²) in [7, 11) is 1.91. The number of likely N-dealkylation sites (tertiary alicyclic amines) is 1. The molecule has 0 N–H and O–H groups in total. The first-order valence-corrected chi connectivity index (χ1v) is 8.58. The van der Waals surface area contributed by atoms with Gasteiger partial charge >= 0.3 is 0 Å². The van der Waals surface area contributed by atoms with E-state index in [1.54, 1.807) is 10.9 Å². The molecule has 0 saturated carbocycles. The van der Waals surface area contributed by atoms with E-state index in [4.69, 9.17) is 0 Å². The number of nitrogens with zero attached hydrogens (tertiary/aromatic N) is 5. The fourth-order valence-corrected chi connectivity index (χ4v) is 3.47. The highest BCUT2D eigenvalue weighted by Gasteiger charge is 2.30. The smallest absolute Gasteiger partial charge is 0.227 e. The van der Waals surface area contributed by atoms with Crippen LogP contribution in [0, 0.1) is 0 Å². The van der Waals surface area contributed by atoms with Gasteiger partial charge in [-0.15, -0.1) is 0 Å². The van der Waals surface area contributed by atoms with Gasteiger partial charge in [0.05, 0.1) is 30.5 Å². The number of aromatic nitrogens is 4. The molecule has 6 heteroatoms. The normalized spacial score (nSPS) is 17.2. The Labute approximate surface area is 146 Å². The quantitative estimate of drug-likeness (QED) is 0.736. The second-order valence-corrected chi connectivity index (χ2v) is 6.50. The molecule has 0 bridgehead atoms. The van der Waals surface area contributed by atoms with E-state index < -0.39 is 0 Å². The maximum Gasteiger partial charge on any atom is 0.227 e. The van der Waals surface area contributed by atoms with Gasteiger partial charge in [0.25, 0.3) is 0 Å². The molecular formula is C19H21N5O. The van der Waals surface area contributed by atoms with E-state index in [0.717, 1.165) is 36.2 Å². The average Bonchev–Trinajstić information content (AvgIpc) is 3.35. The standard InChI is InChI=1S/C19H21N5O/c1-22-14-16(12-20-22)18-8-5-9-23(18)19(25)10-15-11-21-24(13-15)17-6-3-2-4-7-17/h2-4,6-7,11-14,18H,5,8-10H2,1H3. The van der Waals surface area contributed by atoms with E-state index >= 15 is 0 Å². The lowest BCUT2D eigenvalue weighted by atomic mass is 10.1. The van der Waals surface area contributed by atoms with Crippen molar-refractivity contribution < 1.29 is 4.79 Å². The Morgan fingerprint density at radius 2 is 2.00 bits per heavy atom. The first kappa shape index (κ1) is 15.6. The van der Waals surface area contributed by atoms with Crippen molar-refractivity contribution in [1.82, 2.24) is 24.5 Å². The molecule has 0 radical (unpaired) electrons. The van der Waals surface area contributed by atoms with Crippen LogP contribution in [0.3, 0.4) is 0 Å². The van der Waals surface area contributed by atoms with Gasteiger partial charge in [-0.1, -0.05) is 18.2 Å². The molecule has 128 valence electrons. The molecule has 0 spiro atoms. The molecule has 1 aliphatic rings. The highest BCUT2D eigenvalue weighted by molar-refractivity contribution is 5.79. The van der Waals surface area contributed by atoms with Crippen molar-refractivity contribution in [2.75, 3.05) is 6.54 Å². The highest BCUT2D eigenvalue weighted by Crippen LogP contribution is 2.32. The van der Waals surface area contributed by atoms with Crippen LogP contribution in [0.1, 0.15) is 30.0 Å². The number of hydrogen-bond donors (Lipinski definition) is 0. The molecule has 3 aromatic rings. The van der Waals surface area contributed by atoms with Crippen LogP contribution in [0.4, 0.5) is 0 Å². The Morgan fingerprint density at radius 3 is 2.76 bits per heavy atom. The second-order valence-electron chi connectivity index (χ2n) is 6.50. The van der Waals surface area contributed by atoms with Gasteiger partial charge in [-0.25, -0.2) is 4.68 Å². The van der Waals surface area contributed by atoms with Crippen molar-refractivity contribution in [2.24, 2.45) is 7.05 Å². The molecule has 25 heavy (non-hydrogen) atoms. The summed E-state index contributed by atoms with van der Waals surface area (Å²) in [6, 6.07) is 10.1. The molecule has 1 unspecified atom stereocenters. The van der Waals surface area contributed by atoms with E-state index in [9.17, 15) is 4.79 Å². The zero-order valence-corrected chi connectivity index (χ0v) is 14.2. The molecule has 1 aliphatic heterocycles. The van der Waals surface area contributed by atoms with Crippen LogP contribution in [0.25, 0.3) is 5.69 Å². The zero-order chi connectivity index (χ0) is 17.2. The minimum absolute atomic E-state index is 0.144. The van der Waals surface area contributed by atoms with Gasteiger partial charge in [0.1, 0.15) is 0 Å². The van der Waals surface area contributed by atoms with Crippen LogP contribution < -0.4 is 0 Å². The number of hydrogen-bond acceptors (Lipinski definition) is 3. The molecule has 1 fully saturated rings. The predicted octanol–water partition coefficient (Wildman–Crippen LogP) is 2.51. The van der Waals surface area contributed by atoms with Crippen molar-refractivity contribution in [2.45, 2.75) is 25.3 Å². The third-order valence-electron chi connectivity index (χ3n) is 4.69. The van der Waals surface area contributed by atoms with Gasteiger partial charge < -0.3 is 4.90 Å². The van der Waals surface area contributed by atoms with Crippen LogP contribution in [-0.2, 0) is 18.3 Å². The molecule has 1 saturated heterocycles. The largest absolute Gasteiger partial charge is 0.335 e. The van der Waals surface area contributed by atoms with E-state index in [1.807, 2.05) is 65.6 Å². The van der Waals surface area contributed by atoms with Crippen LogP contribution in [0.2, 0.25) is 0 Å². The lowest BCUT2D eigenvalue weighted by molar-refractivity contribution is -0.131. The molecule has 1 atom stereocenters. The van der Waals surface area contributed by atoms with Gasteiger partial charge in [0.15, 0.2) is 0 Å². The summed E-state index contributed by atoms with van der Waals surface area (Å²) in [5.74, 6) is 0.152. The van der Waals surface area contributed by atoms with E-state index in [0.29, 0.717) is 6.42 Å². The van der Waals surface area contributed by atoms with Crippen LogP contribution in [0.5, 0.6) is 0 Å². The summed E-state index contributed by atoms with van der Waals surface area (Å²) < 4.78 is 3.60. The van der Waals surface area contributed by atoms with Crippen molar-refractivity contribution in [1.29, 1.82) is 0 Å². The third kappa shape index (κ3) is 3.20. The molecule has 0 aliphatic carbocycles. The molecule has 6 nitrogen and oxygen atoms in total. The molecule has 1 amide bonds. The average molecular weight is 335 g/mol. The third-order valence-corrected chi connectivity index (χ3v) is 4.69. The zero-order valence-electron chi connectivity index (χ0n) is 14.2. The summed E-state index contributed by atoms with van der Waals surface area (Å²) in [6.07, 6.45) is 9.99. The molecule has 1 aromatic carbocycles. The fraction of sp³-hybridized carbons (Fsp3) is 0.316. The number of amides is 1. The van der Waals surface area contributed by atoms with Gasteiger partial charge in [-0.3, -0.25) is 9.48 Å². The first-order valence-electron chi connectivity index (χ1n) is 8.58. The Bertz CT molecular complexity index is 867. The minimum atomic E-state index is 0.144. The fourth-order valence-electron chi connectivity index (χ4n) is 3.47. The lowest BCUT2D eigenvalue weighted by Gasteiger charge is -2.23. The summed E-state index contributed by atoms with van der Waals surface area (Å²) in [5, 5.41) is 8.62. The van der Waals surface area contributed by atoms with Crippen LogP contribution in [-0.4, -0.2) is 36.9 Å². The molecule has 2 aromatic heterocycles. The first-order chi connectivity index (χ1) is 12.2. The van der Waals surface area contributed by atoms with E-state index in [1.165, 1.54) is 0 Å². The maximum absolute atomic E-state index is 12.8. The van der Waals surface area contributed by atoms with Gasteiger partial charge in [0.2, 0.25) is 5.91 Å². The Balaban J connectivity index is 1.47. The highest BCUT2D eigenvalue weighted by atomic mass is 16.2. The number of carbonyl (C=O) groups excluding carboxylic acids is 1. The summed E-state index contributed by atoms with van der Waals surface area (Å²) in [6.45, 7) is 0.811. The monoisotopic (exact) mass is 335 g/mol. The second kappa shape index (κ2) is 6.55. The van der Waals surface area contributed by atoms with E-state index in [-0.39, 0.29) is 11.9 Å². The SMILES string of the molecule is Cn1cc(C2CCCN2C(=O)Cc2cnn(-c3ccccc3)c2)cn1.